The van der Waals surface area contributed by atoms with E-state index in [2.05, 4.69) is 33.4 Å². The number of hydrogen-bond acceptors (Lipinski definition) is 2. The van der Waals surface area contributed by atoms with Crippen LogP contribution in [0.4, 0.5) is 0 Å². The summed E-state index contributed by atoms with van der Waals surface area (Å²) in [6.07, 6.45) is 1.52. The van der Waals surface area contributed by atoms with E-state index in [9.17, 15) is 0 Å². The first-order valence-corrected chi connectivity index (χ1v) is 4.56. The fourth-order valence-electron chi connectivity index (χ4n) is 0.628. The molecule has 0 aliphatic rings. The Balaban J connectivity index is 3.26. The van der Waals surface area contributed by atoms with Gasteiger partial charge in [0.15, 0.2) is 0 Å². The average Bonchev–Trinajstić information content (AvgIpc) is 1.90. The van der Waals surface area contributed by atoms with Gasteiger partial charge in [0.05, 0.1) is 12.7 Å². The van der Waals surface area contributed by atoms with Gasteiger partial charge in [-0.3, -0.25) is 0 Å². The Bertz CT molecular complexity index is 69.7. The predicted octanol–water partition coefficient (Wildman–Crippen LogP) is 2.37. The molecule has 10 heavy (non-hydrogen) atoms. The molecule has 1 atom stereocenters. The molecule has 1 unspecified atom stereocenters. The third-order valence-corrected chi connectivity index (χ3v) is 2.02. The Labute approximate surface area is 69.6 Å². The number of hydrogen-bond donors (Lipinski definition) is 1. The van der Waals surface area contributed by atoms with Crippen molar-refractivity contribution in [1.82, 2.24) is 0 Å². The van der Waals surface area contributed by atoms with Crippen LogP contribution in [0.1, 0.15) is 27.2 Å². The van der Waals surface area contributed by atoms with Crippen molar-refractivity contribution in [3.63, 3.8) is 0 Å². The zero-order chi connectivity index (χ0) is 7.98. The molecule has 0 bridgehead atoms. The first-order valence-electron chi connectivity index (χ1n) is 3.93. The van der Waals surface area contributed by atoms with Crippen LogP contribution in [0.2, 0.25) is 0 Å². The van der Waals surface area contributed by atoms with Gasteiger partial charge in [0.25, 0.3) is 0 Å². The Kier molecular flexibility index (Phi) is 6.24. The lowest BCUT2D eigenvalue weighted by Crippen LogP contribution is -2.14. The molecule has 0 N–H and O–H groups in total. The molecule has 0 aromatic carbocycles. The lowest BCUT2D eigenvalue weighted by molar-refractivity contribution is 0.0556. The van der Waals surface area contributed by atoms with Gasteiger partial charge in [-0.2, -0.15) is 12.6 Å². The molecule has 0 aliphatic carbocycles. The summed E-state index contributed by atoms with van der Waals surface area (Å²) in [7, 11) is 0. The SMILES string of the molecule is CCC(CS)COC(C)C. The van der Waals surface area contributed by atoms with E-state index in [-0.39, 0.29) is 0 Å². The number of rotatable bonds is 5. The normalized spacial score (nSPS) is 14.1. The lowest BCUT2D eigenvalue weighted by atomic mass is 10.1. The smallest absolute Gasteiger partial charge is 0.0519 e. The average molecular weight is 162 g/mol. The van der Waals surface area contributed by atoms with Crippen molar-refractivity contribution in [3.8, 4) is 0 Å². The van der Waals surface area contributed by atoms with Crippen molar-refractivity contribution >= 4 is 12.6 Å². The van der Waals surface area contributed by atoms with Crippen molar-refractivity contribution in [2.24, 2.45) is 5.92 Å². The molecule has 0 heterocycles. The first-order chi connectivity index (χ1) is 4.70. The number of thiol groups is 1. The second-order valence-electron chi connectivity index (χ2n) is 2.84. The van der Waals surface area contributed by atoms with E-state index >= 15 is 0 Å². The van der Waals surface area contributed by atoms with Gasteiger partial charge in [-0.15, -0.1) is 0 Å². The second-order valence-corrected chi connectivity index (χ2v) is 3.20. The Morgan fingerprint density at radius 3 is 2.30 bits per heavy atom. The minimum Gasteiger partial charge on any atom is -0.378 e. The molecule has 0 radical (unpaired) electrons. The molecule has 0 aromatic rings. The first kappa shape index (κ1) is 10.3. The van der Waals surface area contributed by atoms with E-state index in [1.165, 1.54) is 0 Å². The molecule has 0 saturated carbocycles. The molecular formula is C8H18OS. The molecule has 0 saturated heterocycles. The Hall–Kier alpha value is 0.310. The summed E-state index contributed by atoms with van der Waals surface area (Å²) in [4.78, 5) is 0. The van der Waals surface area contributed by atoms with Gasteiger partial charge in [0, 0.05) is 0 Å². The molecule has 0 spiro atoms. The van der Waals surface area contributed by atoms with Crippen LogP contribution in [0.15, 0.2) is 0 Å². The quantitative estimate of drug-likeness (QED) is 0.611. The summed E-state index contributed by atoms with van der Waals surface area (Å²) in [5, 5.41) is 0. The molecule has 0 aromatic heterocycles. The van der Waals surface area contributed by atoms with Crippen LogP contribution in [-0.2, 0) is 4.74 Å². The standard InChI is InChI=1S/C8H18OS/c1-4-8(6-10)5-9-7(2)3/h7-8,10H,4-6H2,1-3H3. The highest BCUT2D eigenvalue weighted by Gasteiger charge is 2.04. The maximum atomic E-state index is 5.44. The van der Waals surface area contributed by atoms with Crippen LogP contribution in [0.25, 0.3) is 0 Å². The number of ether oxygens (including phenoxy) is 1. The summed E-state index contributed by atoms with van der Waals surface area (Å²) in [6, 6.07) is 0. The Morgan fingerprint density at radius 2 is 2.00 bits per heavy atom. The summed E-state index contributed by atoms with van der Waals surface area (Å²) >= 11 is 4.22. The van der Waals surface area contributed by atoms with Crippen LogP contribution in [0, 0.1) is 5.92 Å². The van der Waals surface area contributed by atoms with Crippen LogP contribution in [-0.4, -0.2) is 18.5 Å². The van der Waals surface area contributed by atoms with Gasteiger partial charge in [0.2, 0.25) is 0 Å². The van der Waals surface area contributed by atoms with E-state index in [0.717, 1.165) is 18.8 Å². The Morgan fingerprint density at radius 1 is 1.40 bits per heavy atom. The third kappa shape index (κ3) is 5.12. The fourth-order valence-corrected chi connectivity index (χ4v) is 0.992. The summed E-state index contributed by atoms with van der Waals surface area (Å²) in [6.45, 7) is 7.15. The van der Waals surface area contributed by atoms with Gasteiger partial charge in [-0.05, 0) is 25.5 Å². The van der Waals surface area contributed by atoms with E-state index in [0.29, 0.717) is 12.0 Å². The molecule has 0 amide bonds. The molecule has 0 rings (SSSR count). The van der Waals surface area contributed by atoms with Gasteiger partial charge in [-0.25, -0.2) is 0 Å². The molecule has 62 valence electrons. The predicted molar refractivity (Wildman–Crippen MR) is 48.7 cm³/mol. The fraction of sp³-hybridized carbons (Fsp3) is 1.00. The van der Waals surface area contributed by atoms with Gasteiger partial charge < -0.3 is 4.74 Å². The van der Waals surface area contributed by atoms with E-state index in [1.807, 2.05) is 0 Å². The zero-order valence-electron chi connectivity index (χ0n) is 7.13. The molecule has 0 aliphatic heterocycles. The molecule has 0 fully saturated rings. The molecule has 1 nitrogen and oxygen atoms in total. The lowest BCUT2D eigenvalue weighted by Gasteiger charge is -2.13. The molecular weight excluding hydrogens is 144 g/mol. The van der Waals surface area contributed by atoms with Crippen LogP contribution < -0.4 is 0 Å². The maximum Gasteiger partial charge on any atom is 0.0519 e. The van der Waals surface area contributed by atoms with Crippen LogP contribution in [0.5, 0.6) is 0 Å². The van der Waals surface area contributed by atoms with Gasteiger partial charge in [0.1, 0.15) is 0 Å². The minimum atomic E-state index is 0.355. The van der Waals surface area contributed by atoms with Gasteiger partial charge in [-0.1, -0.05) is 13.3 Å². The van der Waals surface area contributed by atoms with Crippen LogP contribution >= 0.6 is 12.6 Å². The van der Waals surface area contributed by atoms with Crippen molar-refractivity contribution < 1.29 is 4.74 Å². The highest BCUT2D eigenvalue weighted by atomic mass is 32.1. The van der Waals surface area contributed by atoms with Crippen molar-refractivity contribution in [1.29, 1.82) is 0 Å². The van der Waals surface area contributed by atoms with E-state index in [4.69, 9.17) is 4.74 Å². The molecule has 2 heteroatoms. The van der Waals surface area contributed by atoms with Crippen LogP contribution in [0.3, 0.4) is 0 Å². The summed E-state index contributed by atoms with van der Waals surface area (Å²) < 4.78 is 5.44. The van der Waals surface area contributed by atoms with E-state index < -0.39 is 0 Å². The van der Waals surface area contributed by atoms with Crippen molar-refractivity contribution in [2.45, 2.75) is 33.3 Å². The largest absolute Gasteiger partial charge is 0.378 e. The van der Waals surface area contributed by atoms with E-state index in [1.54, 1.807) is 0 Å². The minimum absolute atomic E-state index is 0.355. The van der Waals surface area contributed by atoms with Gasteiger partial charge >= 0.3 is 0 Å². The summed E-state index contributed by atoms with van der Waals surface area (Å²) in [5.41, 5.74) is 0. The highest BCUT2D eigenvalue weighted by molar-refractivity contribution is 7.80. The zero-order valence-corrected chi connectivity index (χ0v) is 8.03. The third-order valence-electron chi connectivity index (χ3n) is 1.50. The second kappa shape index (κ2) is 6.05. The summed E-state index contributed by atoms with van der Waals surface area (Å²) in [5.74, 6) is 1.56. The highest BCUT2D eigenvalue weighted by Crippen LogP contribution is 2.06. The van der Waals surface area contributed by atoms with Crippen molar-refractivity contribution in [2.75, 3.05) is 12.4 Å². The monoisotopic (exact) mass is 162 g/mol. The maximum absolute atomic E-state index is 5.44. The topological polar surface area (TPSA) is 9.23 Å². The van der Waals surface area contributed by atoms with Crippen molar-refractivity contribution in [3.05, 3.63) is 0 Å².